The molecule has 0 radical (unpaired) electrons. The lowest BCUT2D eigenvalue weighted by Gasteiger charge is -2.01. The second-order valence-electron chi connectivity index (χ2n) is 6.75. The van der Waals surface area contributed by atoms with Gasteiger partial charge in [-0.1, -0.05) is 36.4 Å². The molecule has 1 aliphatic heterocycles. The standard InChI is InChI=1S/C23H15N3O4/c1-14-24-19(23(28)29-14)12-16-13-26(17-8-3-2-4-9-17)25-21(16)18-11-15-7-5-6-10-20(15)30-22(18)27/h2-13H,1H3/b19-12-. The summed E-state index contributed by atoms with van der Waals surface area (Å²) in [5.74, 6) is -0.273. The zero-order valence-corrected chi connectivity index (χ0v) is 15.9. The third kappa shape index (κ3) is 3.12. The molecule has 7 nitrogen and oxygen atoms in total. The van der Waals surface area contributed by atoms with Crippen LogP contribution in [0.25, 0.3) is 34.0 Å². The molecule has 4 aromatic rings. The maximum atomic E-state index is 12.7. The van der Waals surface area contributed by atoms with Crippen molar-refractivity contribution < 1.29 is 13.9 Å². The zero-order valence-electron chi connectivity index (χ0n) is 15.9. The second-order valence-corrected chi connectivity index (χ2v) is 6.75. The first kappa shape index (κ1) is 17.8. The Bertz CT molecular complexity index is 1410. The Hall–Kier alpha value is -4.26. The van der Waals surface area contributed by atoms with Gasteiger partial charge < -0.3 is 9.15 Å². The molecule has 2 aromatic carbocycles. The molecule has 0 atom stereocenters. The summed E-state index contributed by atoms with van der Waals surface area (Å²) in [5, 5.41) is 5.39. The molecular formula is C23H15N3O4. The Labute approximate surface area is 170 Å². The van der Waals surface area contributed by atoms with Gasteiger partial charge in [0, 0.05) is 24.1 Å². The van der Waals surface area contributed by atoms with E-state index in [0.717, 1.165) is 11.1 Å². The predicted octanol–water partition coefficient (Wildman–Crippen LogP) is 3.96. The van der Waals surface area contributed by atoms with Crippen LogP contribution in [0.15, 0.2) is 86.8 Å². The third-order valence-corrected chi connectivity index (χ3v) is 4.68. The van der Waals surface area contributed by atoms with Crippen molar-refractivity contribution in [2.45, 2.75) is 6.92 Å². The fraction of sp³-hybridized carbons (Fsp3) is 0.0435. The number of nitrogens with zero attached hydrogens (tertiary/aromatic N) is 3. The molecule has 0 amide bonds. The molecule has 7 heteroatoms. The molecule has 0 spiro atoms. The molecule has 0 fully saturated rings. The van der Waals surface area contributed by atoms with Crippen LogP contribution in [0.5, 0.6) is 0 Å². The summed E-state index contributed by atoms with van der Waals surface area (Å²) in [4.78, 5) is 28.9. The van der Waals surface area contributed by atoms with Gasteiger partial charge in [-0.2, -0.15) is 5.10 Å². The highest BCUT2D eigenvalue weighted by molar-refractivity contribution is 6.06. The summed E-state index contributed by atoms with van der Waals surface area (Å²) in [7, 11) is 0. The summed E-state index contributed by atoms with van der Waals surface area (Å²) in [6.07, 6.45) is 3.30. The van der Waals surface area contributed by atoms with Crippen LogP contribution in [0, 0.1) is 0 Å². The van der Waals surface area contributed by atoms with E-state index in [2.05, 4.69) is 10.1 Å². The number of carbonyl (C=O) groups is 1. The molecular weight excluding hydrogens is 382 g/mol. The van der Waals surface area contributed by atoms with Crippen molar-refractivity contribution in [1.29, 1.82) is 0 Å². The monoisotopic (exact) mass is 397 g/mol. The van der Waals surface area contributed by atoms with Crippen molar-refractivity contribution in [1.82, 2.24) is 9.78 Å². The average Bonchev–Trinajstić information content (AvgIpc) is 3.31. The van der Waals surface area contributed by atoms with E-state index in [1.807, 2.05) is 42.5 Å². The molecule has 0 N–H and O–H groups in total. The number of hydrogen-bond donors (Lipinski definition) is 0. The number of carbonyl (C=O) groups excluding carboxylic acids is 1. The van der Waals surface area contributed by atoms with Gasteiger partial charge in [0.05, 0.1) is 11.3 Å². The predicted molar refractivity (Wildman–Crippen MR) is 112 cm³/mol. The average molecular weight is 397 g/mol. The van der Waals surface area contributed by atoms with Crippen LogP contribution in [0.1, 0.15) is 12.5 Å². The van der Waals surface area contributed by atoms with E-state index in [4.69, 9.17) is 9.15 Å². The van der Waals surface area contributed by atoms with Gasteiger partial charge in [-0.05, 0) is 30.3 Å². The molecule has 0 unspecified atom stereocenters. The zero-order chi connectivity index (χ0) is 20.7. The molecule has 5 rings (SSSR count). The number of para-hydroxylation sites is 2. The first-order valence-electron chi connectivity index (χ1n) is 9.26. The van der Waals surface area contributed by atoms with Gasteiger partial charge >= 0.3 is 11.6 Å². The van der Waals surface area contributed by atoms with E-state index in [1.165, 1.54) is 0 Å². The van der Waals surface area contributed by atoms with Crippen LogP contribution in [0.4, 0.5) is 0 Å². The maximum Gasteiger partial charge on any atom is 0.363 e. The molecule has 0 bridgehead atoms. The molecule has 0 aliphatic carbocycles. The van der Waals surface area contributed by atoms with Gasteiger partial charge in [0.15, 0.2) is 11.6 Å². The number of aromatic nitrogens is 2. The number of rotatable bonds is 3. The minimum atomic E-state index is -0.545. The molecule has 0 saturated carbocycles. The third-order valence-electron chi connectivity index (χ3n) is 4.68. The number of ether oxygens (including phenoxy) is 1. The minimum Gasteiger partial charge on any atom is -0.422 e. The highest BCUT2D eigenvalue weighted by atomic mass is 16.6. The van der Waals surface area contributed by atoms with Crippen LogP contribution in [-0.4, -0.2) is 21.6 Å². The minimum absolute atomic E-state index is 0.145. The van der Waals surface area contributed by atoms with E-state index in [1.54, 1.807) is 42.1 Å². The molecule has 2 aromatic heterocycles. The molecule has 3 heterocycles. The first-order valence-corrected chi connectivity index (χ1v) is 9.26. The Balaban J connectivity index is 1.74. The molecule has 146 valence electrons. The quantitative estimate of drug-likeness (QED) is 0.297. The maximum absolute atomic E-state index is 12.7. The van der Waals surface area contributed by atoms with E-state index >= 15 is 0 Å². The van der Waals surface area contributed by atoms with Crippen molar-refractivity contribution in [3.05, 3.63) is 88.5 Å². The molecule has 1 aliphatic rings. The highest BCUT2D eigenvalue weighted by Gasteiger charge is 2.22. The fourth-order valence-corrected chi connectivity index (χ4v) is 3.31. The van der Waals surface area contributed by atoms with Gasteiger partial charge in [0.2, 0.25) is 0 Å². The largest absolute Gasteiger partial charge is 0.422 e. The van der Waals surface area contributed by atoms with Crippen LogP contribution in [0.2, 0.25) is 0 Å². The summed E-state index contributed by atoms with van der Waals surface area (Å²) in [6, 6.07) is 18.5. The van der Waals surface area contributed by atoms with Crippen LogP contribution >= 0.6 is 0 Å². The fourth-order valence-electron chi connectivity index (χ4n) is 3.31. The number of aliphatic imine (C=N–C) groups is 1. The first-order chi connectivity index (χ1) is 14.6. The summed E-state index contributed by atoms with van der Waals surface area (Å²) < 4.78 is 12.1. The summed E-state index contributed by atoms with van der Waals surface area (Å²) in [5.41, 5.74) is 2.16. The lowest BCUT2D eigenvalue weighted by molar-refractivity contribution is -0.130. The second kappa shape index (κ2) is 6.97. The van der Waals surface area contributed by atoms with E-state index in [0.29, 0.717) is 22.4 Å². The van der Waals surface area contributed by atoms with Gasteiger partial charge in [-0.3, -0.25) is 0 Å². The lowest BCUT2D eigenvalue weighted by atomic mass is 10.1. The van der Waals surface area contributed by atoms with Gasteiger partial charge in [0.1, 0.15) is 11.3 Å². The van der Waals surface area contributed by atoms with Crippen molar-refractivity contribution in [3.63, 3.8) is 0 Å². The van der Waals surface area contributed by atoms with Crippen molar-refractivity contribution >= 4 is 28.9 Å². The Morgan fingerprint density at radius 3 is 2.53 bits per heavy atom. The van der Waals surface area contributed by atoms with E-state index in [-0.39, 0.29) is 11.6 Å². The summed E-state index contributed by atoms with van der Waals surface area (Å²) in [6.45, 7) is 1.60. The molecule has 0 saturated heterocycles. The SMILES string of the molecule is CC1=N/C(=C\c2cn(-c3ccccc3)nc2-c2cc3ccccc3oc2=O)C(=O)O1. The van der Waals surface area contributed by atoms with E-state index < -0.39 is 11.6 Å². The van der Waals surface area contributed by atoms with Crippen LogP contribution < -0.4 is 5.63 Å². The number of cyclic esters (lactones) is 1. The van der Waals surface area contributed by atoms with Crippen molar-refractivity contribution in [2.75, 3.05) is 0 Å². The van der Waals surface area contributed by atoms with E-state index in [9.17, 15) is 9.59 Å². The van der Waals surface area contributed by atoms with Crippen molar-refractivity contribution in [2.24, 2.45) is 4.99 Å². The Morgan fingerprint density at radius 1 is 1.00 bits per heavy atom. The highest BCUT2D eigenvalue weighted by Crippen LogP contribution is 2.27. The topological polar surface area (TPSA) is 86.7 Å². The Morgan fingerprint density at radius 2 is 1.77 bits per heavy atom. The van der Waals surface area contributed by atoms with Crippen LogP contribution in [-0.2, 0) is 9.53 Å². The van der Waals surface area contributed by atoms with Crippen molar-refractivity contribution in [3.8, 4) is 16.9 Å². The van der Waals surface area contributed by atoms with Gasteiger partial charge in [-0.25, -0.2) is 19.3 Å². The number of benzene rings is 2. The number of esters is 1. The smallest absolute Gasteiger partial charge is 0.363 e. The van der Waals surface area contributed by atoms with Crippen LogP contribution in [0.3, 0.4) is 0 Å². The number of hydrogen-bond acceptors (Lipinski definition) is 6. The lowest BCUT2D eigenvalue weighted by Crippen LogP contribution is -2.04. The molecule has 30 heavy (non-hydrogen) atoms. The number of fused-ring (bicyclic) bond motifs is 1. The normalized spacial score (nSPS) is 14.9. The van der Waals surface area contributed by atoms with Gasteiger partial charge in [-0.15, -0.1) is 0 Å². The van der Waals surface area contributed by atoms with Gasteiger partial charge in [0.25, 0.3) is 0 Å². The Kier molecular flexibility index (Phi) is 4.14. The summed E-state index contributed by atoms with van der Waals surface area (Å²) >= 11 is 0.